The summed E-state index contributed by atoms with van der Waals surface area (Å²) in [7, 11) is 0. The molecule has 2 N–H and O–H groups in total. The van der Waals surface area contributed by atoms with Crippen LogP contribution in [0.2, 0.25) is 0 Å². The molecule has 0 bridgehead atoms. The maximum atomic E-state index is 12.3. The Morgan fingerprint density at radius 2 is 2.00 bits per heavy atom. The molecule has 2 aliphatic heterocycles. The van der Waals surface area contributed by atoms with Crippen LogP contribution in [0.25, 0.3) is 5.65 Å². The molecule has 4 aromatic rings. The molecule has 0 radical (unpaired) electrons. The van der Waals surface area contributed by atoms with Gasteiger partial charge in [0.2, 0.25) is 5.91 Å². The number of aromatic nitrogens is 4. The first-order valence-corrected chi connectivity index (χ1v) is 11.5. The number of aliphatic hydroxyl groups is 1. The molecule has 6 rings (SSSR count). The number of carbonyl (C=O) groups is 1. The van der Waals surface area contributed by atoms with Crippen molar-refractivity contribution < 1.29 is 9.90 Å². The second kappa shape index (κ2) is 7.63. The molecule has 8 heteroatoms. The van der Waals surface area contributed by atoms with Crippen LogP contribution in [-0.4, -0.2) is 43.2 Å². The number of anilines is 2. The summed E-state index contributed by atoms with van der Waals surface area (Å²) in [5.41, 5.74) is 4.19. The van der Waals surface area contributed by atoms with Gasteiger partial charge in [0.05, 0.1) is 17.6 Å². The summed E-state index contributed by atoms with van der Waals surface area (Å²) in [6, 6.07) is 16.3. The minimum atomic E-state index is -0.522. The van der Waals surface area contributed by atoms with Crippen LogP contribution in [0.4, 0.5) is 11.5 Å². The second-order valence-corrected chi connectivity index (χ2v) is 9.65. The Balaban J connectivity index is 1.33. The Labute approximate surface area is 197 Å². The number of nitrogens with one attached hydrogen (secondary N) is 1. The minimum absolute atomic E-state index is 0.0157. The van der Waals surface area contributed by atoms with E-state index in [-0.39, 0.29) is 11.9 Å². The number of amides is 1. The molecule has 8 nitrogen and oxygen atoms in total. The molecule has 34 heavy (non-hydrogen) atoms. The van der Waals surface area contributed by atoms with Crippen molar-refractivity contribution >= 4 is 23.1 Å². The smallest absolute Gasteiger partial charge is 0.234 e. The topological polar surface area (TPSA) is 95.7 Å². The monoisotopic (exact) mass is 454 g/mol. The van der Waals surface area contributed by atoms with Gasteiger partial charge in [0.15, 0.2) is 17.3 Å². The zero-order valence-corrected chi connectivity index (χ0v) is 19.1. The standard InChI is InChI=1S/C26H26N6O2/c1-26(2)19-9-8-16(12-20(19)28-25(26)34)13-22-29-24-23(27-10-11-32(24)30-22)31-15-18(33)14-21(31)17-6-4-3-5-7-17/h3-12,18,21,33H,13-15H2,1-2H3,(H,28,34)/t18-,21-/m1/s1. The summed E-state index contributed by atoms with van der Waals surface area (Å²) in [5, 5.41) is 18.1. The van der Waals surface area contributed by atoms with Crippen LogP contribution in [0, 0.1) is 0 Å². The highest BCUT2D eigenvalue weighted by Gasteiger charge is 2.38. The third-order valence-electron chi connectivity index (χ3n) is 6.95. The quantitative estimate of drug-likeness (QED) is 0.492. The summed E-state index contributed by atoms with van der Waals surface area (Å²) in [4.78, 5) is 23.9. The Kier molecular flexibility index (Phi) is 4.67. The van der Waals surface area contributed by atoms with Gasteiger partial charge in [-0.05, 0) is 43.0 Å². The molecule has 1 saturated heterocycles. The van der Waals surface area contributed by atoms with Crippen molar-refractivity contribution in [2.75, 3.05) is 16.8 Å². The number of rotatable bonds is 4. The van der Waals surface area contributed by atoms with Gasteiger partial charge in [0, 0.05) is 31.0 Å². The summed E-state index contributed by atoms with van der Waals surface area (Å²) >= 11 is 0. The third kappa shape index (κ3) is 3.33. The van der Waals surface area contributed by atoms with Gasteiger partial charge in [-0.3, -0.25) is 4.79 Å². The van der Waals surface area contributed by atoms with E-state index in [0.717, 1.165) is 28.2 Å². The average Bonchev–Trinajstić information content (AvgIpc) is 3.47. The Bertz CT molecular complexity index is 1400. The minimum Gasteiger partial charge on any atom is -0.391 e. The zero-order chi connectivity index (χ0) is 23.4. The third-order valence-corrected chi connectivity index (χ3v) is 6.95. The van der Waals surface area contributed by atoms with Gasteiger partial charge < -0.3 is 15.3 Å². The number of hydrogen-bond acceptors (Lipinski definition) is 6. The van der Waals surface area contributed by atoms with Crippen molar-refractivity contribution in [2.24, 2.45) is 0 Å². The van der Waals surface area contributed by atoms with Crippen molar-refractivity contribution in [1.82, 2.24) is 19.6 Å². The number of carbonyl (C=O) groups excluding carboxylic acids is 1. The fourth-order valence-electron chi connectivity index (χ4n) is 5.10. The van der Waals surface area contributed by atoms with Crippen LogP contribution in [0.1, 0.15) is 48.8 Å². The van der Waals surface area contributed by atoms with Crippen LogP contribution in [0.5, 0.6) is 0 Å². The first-order valence-electron chi connectivity index (χ1n) is 11.5. The summed E-state index contributed by atoms with van der Waals surface area (Å²) in [6.07, 6.45) is 4.27. The molecule has 0 spiro atoms. The van der Waals surface area contributed by atoms with E-state index >= 15 is 0 Å². The Hall–Kier alpha value is -3.78. The number of aliphatic hydroxyl groups excluding tert-OH is 1. The van der Waals surface area contributed by atoms with Crippen molar-refractivity contribution in [2.45, 2.75) is 44.2 Å². The average molecular weight is 455 g/mol. The van der Waals surface area contributed by atoms with Crippen LogP contribution in [-0.2, 0) is 16.6 Å². The van der Waals surface area contributed by atoms with Gasteiger partial charge >= 0.3 is 0 Å². The predicted octanol–water partition coefficient (Wildman–Crippen LogP) is 3.26. The zero-order valence-electron chi connectivity index (χ0n) is 19.1. The van der Waals surface area contributed by atoms with E-state index in [9.17, 15) is 9.90 Å². The molecule has 1 fully saturated rings. The largest absolute Gasteiger partial charge is 0.391 e. The summed E-state index contributed by atoms with van der Waals surface area (Å²) in [5.74, 6) is 1.41. The highest BCUT2D eigenvalue weighted by Crippen LogP contribution is 2.38. The molecule has 2 atom stereocenters. The van der Waals surface area contributed by atoms with Gasteiger partial charge in [-0.25, -0.2) is 14.5 Å². The number of benzene rings is 2. The van der Waals surface area contributed by atoms with Gasteiger partial charge in [-0.15, -0.1) is 0 Å². The van der Waals surface area contributed by atoms with Crippen LogP contribution >= 0.6 is 0 Å². The number of hydrogen-bond donors (Lipinski definition) is 2. The summed E-state index contributed by atoms with van der Waals surface area (Å²) in [6.45, 7) is 4.36. The molecule has 4 heterocycles. The van der Waals surface area contributed by atoms with E-state index in [2.05, 4.69) is 32.4 Å². The van der Waals surface area contributed by atoms with E-state index in [1.807, 2.05) is 50.2 Å². The first-order chi connectivity index (χ1) is 16.4. The number of β-amino-alcohol motifs (C(OH)–C–C–N with tert-alkyl or cyclic N) is 1. The van der Waals surface area contributed by atoms with Crippen molar-refractivity contribution in [3.63, 3.8) is 0 Å². The maximum absolute atomic E-state index is 12.3. The van der Waals surface area contributed by atoms with Crippen molar-refractivity contribution in [1.29, 1.82) is 0 Å². The molecule has 0 aliphatic carbocycles. The highest BCUT2D eigenvalue weighted by atomic mass is 16.3. The van der Waals surface area contributed by atoms with Gasteiger partial charge in [-0.1, -0.05) is 42.5 Å². The molecule has 2 aromatic heterocycles. The lowest BCUT2D eigenvalue weighted by Gasteiger charge is -2.25. The van der Waals surface area contributed by atoms with Gasteiger partial charge in [0.1, 0.15) is 0 Å². The lowest BCUT2D eigenvalue weighted by atomic mass is 9.86. The summed E-state index contributed by atoms with van der Waals surface area (Å²) < 4.78 is 1.75. The SMILES string of the molecule is CC1(C)C(=O)Nc2cc(Cc3nc4c(N5C[C@H](O)C[C@@H]5c5ccccc5)nccn4n3)ccc21. The van der Waals surface area contributed by atoms with Gasteiger partial charge in [-0.2, -0.15) is 5.10 Å². The Morgan fingerprint density at radius 3 is 2.82 bits per heavy atom. The van der Waals surface area contributed by atoms with E-state index in [0.29, 0.717) is 30.9 Å². The molecule has 2 aromatic carbocycles. The number of fused-ring (bicyclic) bond motifs is 2. The van der Waals surface area contributed by atoms with Crippen molar-refractivity contribution in [3.05, 3.63) is 83.4 Å². The number of nitrogens with zero attached hydrogens (tertiary/aromatic N) is 5. The molecular weight excluding hydrogens is 428 g/mol. The molecule has 1 amide bonds. The van der Waals surface area contributed by atoms with Crippen LogP contribution in [0.15, 0.2) is 60.9 Å². The van der Waals surface area contributed by atoms with Crippen molar-refractivity contribution in [3.8, 4) is 0 Å². The van der Waals surface area contributed by atoms with E-state index < -0.39 is 11.5 Å². The lowest BCUT2D eigenvalue weighted by Crippen LogP contribution is -2.26. The molecular formula is C26H26N6O2. The predicted molar refractivity (Wildman–Crippen MR) is 129 cm³/mol. The van der Waals surface area contributed by atoms with E-state index in [1.165, 1.54) is 0 Å². The normalized spacial score (nSPS) is 21.1. The fraction of sp³-hybridized carbons (Fsp3) is 0.308. The maximum Gasteiger partial charge on any atom is 0.234 e. The molecule has 0 saturated carbocycles. The molecule has 2 aliphatic rings. The second-order valence-electron chi connectivity index (χ2n) is 9.65. The first kappa shape index (κ1) is 20.8. The lowest BCUT2D eigenvalue weighted by molar-refractivity contribution is -0.119. The fourth-order valence-corrected chi connectivity index (χ4v) is 5.10. The molecule has 172 valence electrons. The Morgan fingerprint density at radius 1 is 1.18 bits per heavy atom. The van der Waals surface area contributed by atoms with E-state index in [1.54, 1.807) is 16.9 Å². The van der Waals surface area contributed by atoms with Crippen LogP contribution in [0.3, 0.4) is 0 Å². The van der Waals surface area contributed by atoms with Gasteiger partial charge in [0.25, 0.3) is 0 Å². The van der Waals surface area contributed by atoms with Crippen LogP contribution < -0.4 is 10.2 Å². The molecule has 0 unspecified atom stereocenters. The highest BCUT2D eigenvalue weighted by molar-refractivity contribution is 6.05. The van der Waals surface area contributed by atoms with E-state index in [4.69, 9.17) is 4.98 Å².